The number of esters is 1. The van der Waals surface area contributed by atoms with Crippen molar-refractivity contribution in [3.8, 4) is 0 Å². The fourth-order valence-electron chi connectivity index (χ4n) is 2.28. The summed E-state index contributed by atoms with van der Waals surface area (Å²) in [4.78, 5) is 21.7. The average Bonchev–Trinajstić information content (AvgIpc) is 2.94. The first-order valence-electron chi connectivity index (χ1n) is 8.15. The van der Waals surface area contributed by atoms with Crippen LogP contribution in [0.2, 0.25) is 0 Å². The van der Waals surface area contributed by atoms with Gasteiger partial charge in [0.1, 0.15) is 0 Å². The molecule has 0 amide bonds. The fraction of sp³-hybridized carbons (Fsp3) is 0.389. The molecule has 0 aliphatic rings. The molecule has 0 bridgehead atoms. The molecule has 0 aliphatic carbocycles. The van der Waals surface area contributed by atoms with Crippen LogP contribution in [0.5, 0.6) is 0 Å². The van der Waals surface area contributed by atoms with E-state index < -0.39 is 0 Å². The maximum atomic E-state index is 11.5. The van der Waals surface area contributed by atoms with Gasteiger partial charge >= 0.3 is 5.97 Å². The molecule has 0 atom stereocenters. The van der Waals surface area contributed by atoms with Crippen molar-refractivity contribution in [1.82, 2.24) is 15.6 Å². The van der Waals surface area contributed by atoms with E-state index >= 15 is 0 Å². The SMILES string of the molecule is CCNC(=NCc1ccc(C(=O)OC)cc1)NCc1sc(C)nc1C. The lowest BCUT2D eigenvalue weighted by atomic mass is 10.1. The van der Waals surface area contributed by atoms with E-state index in [0.717, 1.165) is 28.8 Å². The number of carbonyl (C=O) groups excluding carboxylic acids is 1. The summed E-state index contributed by atoms with van der Waals surface area (Å²) in [5, 5.41) is 7.64. The highest BCUT2D eigenvalue weighted by Crippen LogP contribution is 2.16. The number of rotatable bonds is 6. The van der Waals surface area contributed by atoms with Crippen LogP contribution in [-0.4, -0.2) is 30.6 Å². The molecule has 0 radical (unpaired) electrons. The third-order valence-electron chi connectivity index (χ3n) is 3.55. The predicted octanol–water partition coefficient (Wildman–Crippen LogP) is 2.80. The number of ether oxygens (including phenoxy) is 1. The molecule has 0 saturated heterocycles. The number of hydrogen-bond donors (Lipinski definition) is 2. The number of benzene rings is 1. The number of aliphatic imine (C=N–C) groups is 1. The standard InChI is InChI=1S/C18H24N4O2S/c1-5-19-18(21-11-16-12(2)22-13(3)25-16)20-10-14-6-8-15(9-7-14)17(23)24-4/h6-9H,5,10-11H2,1-4H3,(H2,19,20,21). The maximum Gasteiger partial charge on any atom is 0.337 e. The number of nitrogens with zero attached hydrogens (tertiary/aromatic N) is 2. The van der Waals surface area contributed by atoms with Crippen LogP contribution in [-0.2, 0) is 17.8 Å². The number of methoxy groups -OCH3 is 1. The van der Waals surface area contributed by atoms with Crippen LogP contribution in [0.25, 0.3) is 0 Å². The monoisotopic (exact) mass is 360 g/mol. The molecule has 6 nitrogen and oxygen atoms in total. The van der Waals surface area contributed by atoms with Crippen molar-refractivity contribution in [3.63, 3.8) is 0 Å². The number of thiazole rings is 1. The Bertz CT molecular complexity index is 738. The van der Waals surface area contributed by atoms with Crippen molar-refractivity contribution in [3.05, 3.63) is 51.0 Å². The number of aryl methyl sites for hydroxylation is 2. The third kappa shape index (κ3) is 5.56. The molecule has 1 heterocycles. The Kier molecular flexibility index (Phi) is 6.94. The van der Waals surface area contributed by atoms with Gasteiger partial charge in [-0.05, 0) is 38.5 Å². The zero-order chi connectivity index (χ0) is 18.2. The molecule has 2 rings (SSSR count). The molecule has 0 saturated carbocycles. The second kappa shape index (κ2) is 9.17. The van der Waals surface area contributed by atoms with Gasteiger partial charge in [0.2, 0.25) is 0 Å². The van der Waals surface area contributed by atoms with E-state index in [2.05, 4.69) is 20.6 Å². The van der Waals surface area contributed by atoms with Gasteiger partial charge in [-0.15, -0.1) is 11.3 Å². The second-order valence-electron chi connectivity index (χ2n) is 5.48. The first-order chi connectivity index (χ1) is 12.0. The van der Waals surface area contributed by atoms with Gasteiger partial charge in [-0.3, -0.25) is 0 Å². The Morgan fingerprint density at radius 1 is 1.24 bits per heavy atom. The van der Waals surface area contributed by atoms with Crippen molar-refractivity contribution in [2.45, 2.75) is 33.9 Å². The normalized spacial score (nSPS) is 11.3. The van der Waals surface area contributed by atoms with E-state index in [4.69, 9.17) is 4.74 Å². The topological polar surface area (TPSA) is 75.6 Å². The minimum atomic E-state index is -0.333. The molecule has 1 aromatic carbocycles. The molecule has 7 heteroatoms. The Morgan fingerprint density at radius 3 is 2.52 bits per heavy atom. The van der Waals surface area contributed by atoms with E-state index in [0.29, 0.717) is 18.7 Å². The highest BCUT2D eigenvalue weighted by Gasteiger charge is 2.06. The van der Waals surface area contributed by atoms with E-state index in [1.807, 2.05) is 32.9 Å². The quantitative estimate of drug-likeness (QED) is 0.471. The van der Waals surface area contributed by atoms with Crippen LogP contribution in [0.3, 0.4) is 0 Å². The highest BCUT2D eigenvalue weighted by molar-refractivity contribution is 7.11. The summed E-state index contributed by atoms with van der Waals surface area (Å²) >= 11 is 1.70. The Labute approximate surface area is 152 Å². The maximum absolute atomic E-state index is 11.5. The zero-order valence-electron chi connectivity index (χ0n) is 15.0. The van der Waals surface area contributed by atoms with Crippen molar-refractivity contribution in [2.24, 2.45) is 4.99 Å². The average molecular weight is 360 g/mol. The van der Waals surface area contributed by atoms with Gasteiger partial charge in [-0.1, -0.05) is 12.1 Å². The lowest BCUT2D eigenvalue weighted by Crippen LogP contribution is -2.36. The Morgan fingerprint density at radius 2 is 1.96 bits per heavy atom. The molecular weight excluding hydrogens is 336 g/mol. The van der Waals surface area contributed by atoms with Gasteiger partial charge in [0.05, 0.1) is 36.5 Å². The summed E-state index contributed by atoms with van der Waals surface area (Å²) < 4.78 is 4.70. The highest BCUT2D eigenvalue weighted by atomic mass is 32.1. The van der Waals surface area contributed by atoms with Crippen molar-refractivity contribution < 1.29 is 9.53 Å². The number of hydrogen-bond acceptors (Lipinski definition) is 5. The lowest BCUT2D eigenvalue weighted by molar-refractivity contribution is 0.0600. The predicted molar refractivity (Wildman–Crippen MR) is 101 cm³/mol. The van der Waals surface area contributed by atoms with Gasteiger partial charge in [-0.2, -0.15) is 0 Å². The van der Waals surface area contributed by atoms with Gasteiger partial charge in [0.15, 0.2) is 5.96 Å². The minimum absolute atomic E-state index is 0.333. The summed E-state index contributed by atoms with van der Waals surface area (Å²) in [7, 11) is 1.38. The Hall–Kier alpha value is -2.41. The molecule has 0 unspecified atom stereocenters. The van der Waals surface area contributed by atoms with Crippen LogP contribution in [0.15, 0.2) is 29.3 Å². The molecule has 25 heavy (non-hydrogen) atoms. The number of aromatic nitrogens is 1. The van der Waals surface area contributed by atoms with Crippen molar-refractivity contribution in [2.75, 3.05) is 13.7 Å². The molecule has 2 N–H and O–H groups in total. The summed E-state index contributed by atoms with van der Waals surface area (Å²) in [5.74, 6) is 0.422. The molecule has 134 valence electrons. The van der Waals surface area contributed by atoms with Crippen molar-refractivity contribution >= 4 is 23.3 Å². The molecule has 0 spiro atoms. The van der Waals surface area contributed by atoms with E-state index in [1.54, 1.807) is 23.5 Å². The number of guanidine groups is 1. The molecular formula is C18H24N4O2S. The van der Waals surface area contributed by atoms with Crippen LogP contribution >= 0.6 is 11.3 Å². The zero-order valence-corrected chi connectivity index (χ0v) is 15.9. The van der Waals surface area contributed by atoms with Crippen molar-refractivity contribution in [1.29, 1.82) is 0 Å². The largest absolute Gasteiger partial charge is 0.465 e. The van der Waals surface area contributed by atoms with Crippen LogP contribution < -0.4 is 10.6 Å². The molecule has 0 aliphatic heterocycles. The number of carbonyl (C=O) groups is 1. The van der Waals surface area contributed by atoms with E-state index in [1.165, 1.54) is 12.0 Å². The first kappa shape index (κ1) is 18.9. The van der Waals surface area contributed by atoms with Crippen LogP contribution in [0, 0.1) is 13.8 Å². The molecule has 2 aromatic rings. The van der Waals surface area contributed by atoms with E-state index in [-0.39, 0.29) is 5.97 Å². The fourth-order valence-corrected chi connectivity index (χ4v) is 3.15. The van der Waals surface area contributed by atoms with Crippen LogP contribution in [0.4, 0.5) is 0 Å². The summed E-state index contributed by atoms with van der Waals surface area (Å²) in [6.07, 6.45) is 0. The summed E-state index contributed by atoms with van der Waals surface area (Å²) in [6.45, 7) is 8.08. The first-order valence-corrected chi connectivity index (χ1v) is 8.97. The lowest BCUT2D eigenvalue weighted by Gasteiger charge is -2.11. The third-order valence-corrected chi connectivity index (χ3v) is 4.63. The summed E-state index contributed by atoms with van der Waals surface area (Å²) in [6, 6.07) is 7.27. The van der Waals surface area contributed by atoms with Gasteiger partial charge < -0.3 is 15.4 Å². The number of nitrogens with one attached hydrogen (secondary N) is 2. The molecule has 0 fully saturated rings. The summed E-state index contributed by atoms with van der Waals surface area (Å²) in [5.41, 5.74) is 2.62. The second-order valence-corrected chi connectivity index (χ2v) is 6.77. The van der Waals surface area contributed by atoms with E-state index in [9.17, 15) is 4.79 Å². The Balaban J connectivity index is 1.99. The smallest absolute Gasteiger partial charge is 0.337 e. The van der Waals surface area contributed by atoms with Gasteiger partial charge in [0.25, 0.3) is 0 Å². The van der Waals surface area contributed by atoms with Crippen LogP contribution in [0.1, 0.15) is 38.4 Å². The minimum Gasteiger partial charge on any atom is -0.465 e. The van der Waals surface area contributed by atoms with Gasteiger partial charge in [0, 0.05) is 11.4 Å². The van der Waals surface area contributed by atoms with Gasteiger partial charge in [-0.25, -0.2) is 14.8 Å². The molecule has 1 aromatic heterocycles.